The Hall–Kier alpha value is -0.550. The summed E-state index contributed by atoms with van der Waals surface area (Å²) < 4.78 is 0. The average molecular weight is 112 g/mol. The van der Waals surface area contributed by atoms with Gasteiger partial charge in [-0.1, -0.05) is 6.92 Å². The molecule has 0 aromatic heterocycles. The van der Waals surface area contributed by atoms with E-state index in [2.05, 4.69) is 0 Å². The normalized spacial score (nSPS) is 13.4. The second-order valence-electron chi connectivity index (χ2n) is 1.70. The molecule has 0 aromatic rings. The van der Waals surface area contributed by atoms with Crippen molar-refractivity contribution in [2.24, 2.45) is 5.92 Å². The van der Waals surface area contributed by atoms with Gasteiger partial charge in [0.2, 0.25) is 0 Å². The Morgan fingerprint density at radius 3 is 2.50 bits per heavy atom. The van der Waals surface area contributed by atoms with E-state index < -0.39 is 0 Å². The lowest BCUT2D eigenvalue weighted by atomic mass is 10.1. The predicted octanol–water partition coefficient (Wildman–Crippen LogP) is 1.46. The lowest BCUT2D eigenvalue weighted by Gasteiger charge is -2.05. The van der Waals surface area contributed by atoms with Gasteiger partial charge in [-0.2, -0.15) is 5.26 Å². The number of aliphatic hydroxyl groups is 1. The molecule has 2 nitrogen and oxygen atoms in total. The van der Waals surface area contributed by atoms with Crippen molar-refractivity contribution in [3.05, 3.63) is 6.10 Å². The number of hydrogen-bond acceptors (Lipinski definition) is 2. The van der Waals surface area contributed by atoms with Gasteiger partial charge in [0, 0.05) is 0 Å². The molecule has 1 atom stereocenters. The van der Waals surface area contributed by atoms with Crippen LogP contribution in [0.4, 0.5) is 0 Å². The van der Waals surface area contributed by atoms with Crippen LogP contribution in [0.25, 0.3) is 0 Å². The van der Waals surface area contributed by atoms with Gasteiger partial charge in [-0.3, -0.25) is 0 Å². The summed E-state index contributed by atoms with van der Waals surface area (Å²) in [4.78, 5) is 0. The van der Waals surface area contributed by atoms with Crippen LogP contribution < -0.4 is 0 Å². The van der Waals surface area contributed by atoms with Crippen molar-refractivity contribution >= 4 is 0 Å². The fourth-order valence-corrected chi connectivity index (χ4v) is 0.381. The molecule has 0 aliphatic heterocycles. The molecule has 2 heteroatoms. The van der Waals surface area contributed by atoms with Crippen LogP contribution in [0.15, 0.2) is 0 Å². The molecule has 1 radical (unpaired) electrons. The van der Waals surface area contributed by atoms with Crippen molar-refractivity contribution in [2.45, 2.75) is 20.3 Å². The molecule has 8 heavy (non-hydrogen) atoms. The number of aliphatic hydroxyl groups excluding tert-OH is 1. The van der Waals surface area contributed by atoms with E-state index >= 15 is 0 Å². The van der Waals surface area contributed by atoms with E-state index in [4.69, 9.17) is 10.4 Å². The van der Waals surface area contributed by atoms with Gasteiger partial charge in [0.15, 0.2) is 0 Å². The Balaban J connectivity index is 3.49. The molecule has 0 aromatic carbocycles. The van der Waals surface area contributed by atoms with Crippen LogP contribution in [0.2, 0.25) is 0 Å². The summed E-state index contributed by atoms with van der Waals surface area (Å²) in [6, 6.07) is 1.93. The van der Waals surface area contributed by atoms with Gasteiger partial charge in [-0.15, -0.1) is 0 Å². The summed E-state index contributed by atoms with van der Waals surface area (Å²) in [5, 5.41) is 17.0. The Morgan fingerprint density at radius 1 is 1.88 bits per heavy atom. The minimum Gasteiger partial charge on any atom is -0.385 e. The summed E-state index contributed by atoms with van der Waals surface area (Å²) in [5.74, 6) is -0.306. The highest BCUT2D eigenvalue weighted by atomic mass is 16.3. The summed E-state index contributed by atoms with van der Waals surface area (Å²) in [6.07, 6.45) is 0.849. The quantitative estimate of drug-likeness (QED) is 0.587. The monoisotopic (exact) mass is 112 g/mol. The highest BCUT2D eigenvalue weighted by molar-refractivity contribution is 4.94. The van der Waals surface area contributed by atoms with E-state index in [1.807, 2.05) is 13.0 Å². The molecule has 0 aliphatic rings. The maximum absolute atomic E-state index is 8.82. The molecule has 0 spiro atoms. The topological polar surface area (TPSA) is 44.0 Å². The Morgan fingerprint density at radius 2 is 2.38 bits per heavy atom. The van der Waals surface area contributed by atoms with Crippen LogP contribution in [0.5, 0.6) is 0 Å². The molecule has 0 saturated carbocycles. The van der Waals surface area contributed by atoms with Gasteiger partial charge in [0.05, 0.1) is 12.0 Å². The second-order valence-corrected chi connectivity index (χ2v) is 1.70. The zero-order valence-electron chi connectivity index (χ0n) is 5.18. The van der Waals surface area contributed by atoms with Gasteiger partial charge >= 0.3 is 0 Å². The van der Waals surface area contributed by atoms with Crippen LogP contribution in [-0.4, -0.2) is 5.11 Å². The minimum absolute atomic E-state index is 0.271. The standard InChI is InChI=1S/C6H10NO/c1-3-6(8)5(2)4-7/h5,8H,3H2,1-2H3. The lowest BCUT2D eigenvalue weighted by Crippen LogP contribution is -2.03. The maximum atomic E-state index is 8.82. The minimum atomic E-state index is -0.306. The van der Waals surface area contributed by atoms with Crippen molar-refractivity contribution in [3.8, 4) is 6.07 Å². The molecule has 0 bridgehead atoms. The highest BCUT2D eigenvalue weighted by Crippen LogP contribution is 2.11. The molecule has 0 fully saturated rings. The fourth-order valence-electron chi connectivity index (χ4n) is 0.381. The first-order valence-corrected chi connectivity index (χ1v) is 2.66. The van der Waals surface area contributed by atoms with Crippen molar-refractivity contribution < 1.29 is 5.11 Å². The molecule has 1 unspecified atom stereocenters. The van der Waals surface area contributed by atoms with Crippen molar-refractivity contribution in [3.63, 3.8) is 0 Å². The van der Waals surface area contributed by atoms with E-state index in [1.54, 1.807) is 6.92 Å². The van der Waals surface area contributed by atoms with Crippen LogP contribution in [0.1, 0.15) is 20.3 Å². The van der Waals surface area contributed by atoms with E-state index in [-0.39, 0.29) is 12.0 Å². The Bertz CT molecular complexity index is 95.2. The first kappa shape index (κ1) is 7.45. The molecule has 0 rings (SSSR count). The third-order valence-electron chi connectivity index (χ3n) is 1.06. The van der Waals surface area contributed by atoms with Gasteiger partial charge in [0.25, 0.3) is 0 Å². The van der Waals surface area contributed by atoms with Gasteiger partial charge < -0.3 is 5.11 Å². The number of nitriles is 1. The zero-order chi connectivity index (χ0) is 6.57. The third-order valence-corrected chi connectivity index (χ3v) is 1.06. The van der Waals surface area contributed by atoms with Gasteiger partial charge in [-0.05, 0) is 13.3 Å². The summed E-state index contributed by atoms with van der Waals surface area (Å²) >= 11 is 0. The van der Waals surface area contributed by atoms with Crippen LogP contribution >= 0.6 is 0 Å². The fraction of sp³-hybridized carbons (Fsp3) is 0.667. The Labute approximate surface area is 49.8 Å². The second kappa shape index (κ2) is 3.45. The molecule has 0 aliphatic carbocycles. The SMILES string of the molecule is CC[C](O)C(C)C#N. The molecule has 0 saturated heterocycles. The molecule has 1 N–H and O–H groups in total. The van der Waals surface area contributed by atoms with E-state index in [9.17, 15) is 0 Å². The first-order valence-electron chi connectivity index (χ1n) is 2.66. The van der Waals surface area contributed by atoms with Gasteiger partial charge in [0.1, 0.15) is 6.10 Å². The smallest absolute Gasteiger partial charge is 0.110 e. The third kappa shape index (κ3) is 1.94. The molecular weight excluding hydrogens is 102 g/mol. The summed E-state index contributed by atoms with van der Waals surface area (Å²) in [6.45, 7) is 3.50. The molecule has 0 heterocycles. The van der Waals surface area contributed by atoms with E-state index in [1.165, 1.54) is 0 Å². The van der Waals surface area contributed by atoms with E-state index in [0.717, 1.165) is 0 Å². The predicted molar refractivity (Wildman–Crippen MR) is 30.2 cm³/mol. The van der Waals surface area contributed by atoms with Crippen LogP contribution in [-0.2, 0) is 0 Å². The van der Waals surface area contributed by atoms with E-state index in [0.29, 0.717) is 6.42 Å². The average Bonchev–Trinajstić information content (AvgIpc) is 1.84. The molecular formula is C6H10NO. The van der Waals surface area contributed by atoms with Crippen molar-refractivity contribution in [2.75, 3.05) is 0 Å². The number of rotatable bonds is 2. The number of nitrogens with zero attached hydrogens (tertiary/aromatic N) is 1. The first-order chi connectivity index (χ1) is 3.72. The lowest BCUT2D eigenvalue weighted by molar-refractivity contribution is 0.252. The molecule has 0 amide bonds. The van der Waals surface area contributed by atoms with Crippen molar-refractivity contribution in [1.29, 1.82) is 5.26 Å². The zero-order valence-corrected chi connectivity index (χ0v) is 5.18. The van der Waals surface area contributed by atoms with Gasteiger partial charge in [-0.25, -0.2) is 0 Å². The summed E-state index contributed by atoms with van der Waals surface area (Å²) in [7, 11) is 0. The Kier molecular flexibility index (Phi) is 3.21. The highest BCUT2D eigenvalue weighted by Gasteiger charge is 2.10. The molecule has 45 valence electrons. The largest absolute Gasteiger partial charge is 0.385 e. The van der Waals surface area contributed by atoms with Crippen LogP contribution in [0.3, 0.4) is 0 Å². The van der Waals surface area contributed by atoms with Crippen LogP contribution in [0, 0.1) is 23.4 Å². The van der Waals surface area contributed by atoms with Crippen molar-refractivity contribution in [1.82, 2.24) is 0 Å². The maximum Gasteiger partial charge on any atom is 0.110 e. The summed E-state index contributed by atoms with van der Waals surface area (Å²) in [5.41, 5.74) is 0. The number of hydrogen-bond donors (Lipinski definition) is 1.